The van der Waals surface area contributed by atoms with Crippen LogP contribution in [0.25, 0.3) is 11.3 Å². The van der Waals surface area contributed by atoms with E-state index in [1.54, 1.807) is 36.2 Å². The van der Waals surface area contributed by atoms with Gasteiger partial charge >= 0.3 is 0 Å². The molecule has 3 heterocycles. The maximum absolute atomic E-state index is 14.9. The van der Waals surface area contributed by atoms with Crippen molar-refractivity contribution < 1.29 is 13.6 Å². The van der Waals surface area contributed by atoms with Crippen LogP contribution in [0.2, 0.25) is 0 Å². The number of anilines is 1. The standard InChI is InChI=1S/C19H18F2N6O/c1-25(19(28)15-7-8-24-26(15)2)14-9-27(10-14)18-16(21)17(22-11-23-18)12-3-5-13(20)6-4-12/h3-8,11,14H,9-10H2,1-2H3. The average molecular weight is 384 g/mol. The zero-order chi connectivity index (χ0) is 19.8. The predicted molar refractivity (Wildman–Crippen MR) is 98.7 cm³/mol. The molecule has 2 aromatic heterocycles. The molecule has 0 aliphatic carbocycles. The van der Waals surface area contributed by atoms with Crippen LogP contribution in [-0.2, 0) is 7.05 Å². The highest BCUT2D eigenvalue weighted by molar-refractivity contribution is 5.92. The molecule has 0 unspecified atom stereocenters. The number of aromatic nitrogens is 4. The molecule has 0 radical (unpaired) electrons. The van der Waals surface area contributed by atoms with Gasteiger partial charge in [0.05, 0.1) is 6.04 Å². The van der Waals surface area contributed by atoms with Gasteiger partial charge in [-0.1, -0.05) is 0 Å². The van der Waals surface area contributed by atoms with Gasteiger partial charge in [-0.05, 0) is 30.3 Å². The lowest BCUT2D eigenvalue weighted by Crippen LogP contribution is -2.60. The van der Waals surface area contributed by atoms with Crippen LogP contribution in [-0.4, -0.2) is 56.7 Å². The SMILES string of the molecule is CN(C(=O)c1ccnn1C)C1CN(c2ncnc(-c3ccc(F)cc3)c2F)C1. The summed E-state index contributed by atoms with van der Waals surface area (Å²) in [6, 6.07) is 7.07. The predicted octanol–water partition coefficient (Wildman–Crippen LogP) is 2.12. The smallest absolute Gasteiger partial charge is 0.272 e. The Labute approximate surface area is 160 Å². The quantitative estimate of drug-likeness (QED) is 0.689. The number of halogens is 2. The monoisotopic (exact) mass is 384 g/mol. The molecule has 0 saturated carbocycles. The number of hydrogen-bond acceptors (Lipinski definition) is 5. The minimum Gasteiger partial charge on any atom is -0.350 e. The lowest BCUT2D eigenvalue weighted by Gasteiger charge is -2.44. The molecular formula is C19H18F2N6O. The van der Waals surface area contributed by atoms with Gasteiger partial charge < -0.3 is 9.80 Å². The van der Waals surface area contributed by atoms with E-state index in [9.17, 15) is 13.6 Å². The first kappa shape index (κ1) is 18.0. The van der Waals surface area contributed by atoms with Gasteiger partial charge in [0, 0.05) is 38.9 Å². The summed E-state index contributed by atoms with van der Waals surface area (Å²) in [5, 5.41) is 4.01. The van der Waals surface area contributed by atoms with E-state index < -0.39 is 11.6 Å². The molecule has 0 bridgehead atoms. The van der Waals surface area contributed by atoms with Crippen LogP contribution in [0.3, 0.4) is 0 Å². The van der Waals surface area contributed by atoms with Gasteiger partial charge in [0.15, 0.2) is 11.6 Å². The van der Waals surface area contributed by atoms with Crippen LogP contribution in [0.5, 0.6) is 0 Å². The topological polar surface area (TPSA) is 67.2 Å². The van der Waals surface area contributed by atoms with Gasteiger partial charge in [-0.2, -0.15) is 5.10 Å². The zero-order valence-corrected chi connectivity index (χ0v) is 15.4. The van der Waals surface area contributed by atoms with Crippen LogP contribution in [0.1, 0.15) is 10.5 Å². The van der Waals surface area contributed by atoms with E-state index in [4.69, 9.17) is 0 Å². The van der Waals surface area contributed by atoms with Crippen molar-refractivity contribution in [2.45, 2.75) is 6.04 Å². The van der Waals surface area contributed by atoms with Crippen LogP contribution in [0, 0.1) is 11.6 Å². The summed E-state index contributed by atoms with van der Waals surface area (Å²) in [6.45, 7) is 0.910. The largest absolute Gasteiger partial charge is 0.350 e. The van der Waals surface area contributed by atoms with Crippen LogP contribution < -0.4 is 4.90 Å². The number of rotatable bonds is 4. The molecule has 3 aromatic rings. The molecule has 28 heavy (non-hydrogen) atoms. The number of amides is 1. The summed E-state index contributed by atoms with van der Waals surface area (Å²) >= 11 is 0. The highest BCUT2D eigenvalue weighted by Crippen LogP contribution is 2.29. The number of benzene rings is 1. The van der Waals surface area contributed by atoms with Crippen molar-refractivity contribution in [1.82, 2.24) is 24.6 Å². The highest BCUT2D eigenvalue weighted by atomic mass is 19.1. The second kappa shape index (κ2) is 6.99. The zero-order valence-electron chi connectivity index (χ0n) is 15.4. The Kier molecular flexibility index (Phi) is 4.50. The first-order valence-electron chi connectivity index (χ1n) is 8.72. The summed E-state index contributed by atoms with van der Waals surface area (Å²) < 4.78 is 29.6. The average Bonchev–Trinajstić information content (AvgIpc) is 3.08. The maximum Gasteiger partial charge on any atom is 0.272 e. The van der Waals surface area contributed by atoms with E-state index in [-0.39, 0.29) is 23.5 Å². The van der Waals surface area contributed by atoms with E-state index in [0.29, 0.717) is 24.3 Å². The molecule has 1 aliphatic rings. The van der Waals surface area contributed by atoms with Crippen molar-refractivity contribution in [1.29, 1.82) is 0 Å². The lowest BCUT2D eigenvalue weighted by atomic mass is 10.1. The Morgan fingerprint density at radius 3 is 2.50 bits per heavy atom. The maximum atomic E-state index is 14.9. The van der Waals surface area contributed by atoms with Crippen molar-refractivity contribution in [3.8, 4) is 11.3 Å². The molecule has 0 spiro atoms. The summed E-state index contributed by atoms with van der Waals surface area (Å²) in [7, 11) is 3.43. The van der Waals surface area contributed by atoms with E-state index in [1.165, 1.54) is 35.3 Å². The molecule has 1 aromatic carbocycles. The van der Waals surface area contributed by atoms with E-state index >= 15 is 0 Å². The number of carbonyl (C=O) groups excluding carboxylic acids is 1. The lowest BCUT2D eigenvalue weighted by molar-refractivity contribution is 0.0693. The molecule has 1 saturated heterocycles. The molecule has 9 heteroatoms. The number of carbonyl (C=O) groups is 1. The van der Waals surface area contributed by atoms with Crippen molar-refractivity contribution in [3.05, 3.63) is 60.2 Å². The molecule has 1 aliphatic heterocycles. The Morgan fingerprint density at radius 2 is 1.86 bits per heavy atom. The molecule has 1 fully saturated rings. The number of nitrogens with zero attached hydrogens (tertiary/aromatic N) is 6. The van der Waals surface area contributed by atoms with Gasteiger partial charge in [0.1, 0.15) is 23.5 Å². The van der Waals surface area contributed by atoms with Gasteiger partial charge in [-0.15, -0.1) is 0 Å². The third-order valence-electron chi connectivity index (χ3n) is 4.96. The van der Waals surface area contributed by atoms with Gasteiger partial charge in [-0.25, -0.2) is 18.7 Å². The second-order valence-corrected chi connectivity index (χ2v) is 6.68. The first-order chi connectivity index (χ1) is 13.5. The summed E-state index contributed by atoms with van der Waals surface area (Å²) in [5.74, 6) is -0.926. The molecule has 144 valence electrons. The molecular weight excluding hydrogens is 366 g/mol. The normalized spacial score (nSPS) is 14.1. The summed E-state index contributed by atoms with van der Waals surface area (Å²) in [4.78, 5) is 24.0. The Hall–Kier alpha value is -3.36. The fraction of sp³-hybridized carbons (Fsp3) is 0.263. The number of hydrogen-bond donors (Lipinski definition) is 0. The molecule has 4 rings (SSSR count). The van der Waals surface area contributed by atoms with Crippen molar-refractivity contribution in [3.63, 3.8) is 0 Å². The number of aryl methyl sites for hydroxylation is 1. The second-order valence-electron chi connectivity index (χ2n) is 6.68. The Balaban J connectivity index is 1.49. The van der Waals surface area contributed by atoms with Crippen LogP contribution >= 0.6 is 0 Å². The molecule has 1 amide bonds. The first-order valence-corrected chi connectivity index (χ1v) is 8.72. The van der Waals surface area contributed by atoms with Gasteiger partial charge in [0.2, 0.25) is 0 Å². The Morgan fingerprint density at radius 1 is 1.14 bits per heavy atom. The third-order valence-corrected chi connectivity index (χ3v) is 4.96. The highest BCUT2D eigenvalue weighted by Gasteiger charge is 2.36. The third kappa shape index (κ3) is 3.08. The van der Waals surface area contributed by atoms with Crippen LogP contribution in [0.4, 0.5) is 14.6 Å². The minimum atomic E-state index is -0.562. The van der Waals surface area contributed by atoms with Crippen molar-refractivity contribution in [2.24, 2.45) is 7.05 Å². The van der Waals surface area contributed by atoms with E-state index in [0.717, 1.165) is 0 Å². The van der Waals surface area contributed by atoms with Crippen molar-refractivity contribution in [2.75, 3.05) is 25.0 Å². The fourth-order valence-electron chi connectivity index (χ4n) is 3.19. The summed E-state index contributed by atoms with van der Waals surface area (Å²) in [6.07, 6.45) is 2.86. The van der Waals surface area contributed by atoms with E-state index in [1.807, 2.05) is 0 Å². The fourth-order valence-corrected chi connectivity index (χ4v) is 3.19. The van der Waals surface area contributed by atoms with Gasteiger partial charge in [0.25, 0.3) is 5.91 Å². The van der Waals surface area contributed by atoms with E-state index in [2.05, 4.69) is 15.1 Å². The minimum absolute atomic E-state index is 0.0639. The van der Waals surface area contributed by atoms with Crippen LogP contribution in [0.15, 0.2) is 42.9 Å². The molecule has 0 atom stereocenters. The summed E-state index contributed by atoms with van der Waals surface area (Å²) in [5.41, 5.74) is 1.09. The number of likely N-dealkylation sites (N-methyl/N-ethyl adjacent to an activating group) is 1. The van der Waals surface area contributed by atoms with Crippen molar-refractivity contribution >= 4 is 11.7 Å². The molecule has 0 N–H and O–H groups in total. The Bertz CT molecular complexity index is 1010. The molecule has 7 nitrogen and oxygen atoms in total. The van der Waals surface area contributed by atoms with Gasteiger partial charge in [-0.3, -0.25) is 9.48 Å².